The number of unbranched alkanes of at least 4 members (excludes halogenated alkanes) is 1. The van der Waals surface area contributed by atoms with Gasteiger partial charge in [0.25, 0.3) is 0 Å². The SMILES string of the molecule is CCCCN1CC=C[C@]23O[C@@]4(CC)C=CCN(C)C(=O)[C@H]4[C@H]2C(=O)N([C@H](CO)c2ccccc2)C3C1=O. The molecule has 4 heterocycles. The van der Waals surface area contributed by atoms with E-state index in [9.17, 15) is 19.5 Å². The van der Waals surface area contributed by atoms with E-state index in [2.05, 4.69) is 6.92 Å². The van der Waals surface area contributed by atoms with E-state index in [4.69, 9.17) is 4.74 Å². The van der Waals surface area contributed by atoms with E-state index >= 15 is 0 Å². The summed E-state index contributed by atoms with van der Waals surface area (Å²) >= 11 is 0. The quantitative estimate of drug-likeness (QED) is 0.572. The molecule has 2 saturated heterocycles. The van der Waals surface area contributed by atoms with Crippen molar-refractivity contribution in [3.05, 3.63) is 60.2 Å². The van der Waals surface area contributed by atoms with Crippen molar-refractivity contribution in [3.8, 4) is 0 Å². The molecule has 0 bridgehead atoms. The molecule has 1 spiro atoms. The maximum Gasteiger partial charge on any atom is 0.249 e. The number of carbonyl (C=O) groups excluding carboxylic acids is 3. The first kappa shape index (κ1) is 25.7. The molecular formula is C29H37N3O5. The van der Waals surface area contributed by atoms with E-state index in [-0.39, 0.29) is 24.3 Å². The highest BCUT2D eigenvalue weighted by molar-refractivity contribution is 6.00. The lowest BCUT2D eigenvalue weighted by molar-refractivity contribution is -0.157. The van der Waals surface area contributed by atoms with Gasteiger partial charge in [0.15, 0.2) is 0 Å². The summed E-state index contributed by atoms with van der Waals surface area (Å²) in [4.78, 5) is 47.6. The largest absolute Gasteiger partial charge is 0.394 e. The fraction of sp³-hybridized carbons (Fsp3) is 0.552. The molecule has 2 fully saturated rings. The molecule has 4 aliphatic rings. The molecule has 5 rings (SSSR count). The third kappa shape index (κ3) is 3.76. The minimum atomic E-state index is -1.31. The number of aliphatic hydroxyl groups excluding tert-OH is 1. The molecule has 1 N–H and O–H groups in total. The molecule has 198 valence electrons. The monoisotopic (exact) mass is 507 g/mol. The normalized spacial score (nSPS) is 33.8. The van der Waals surface area contributed by atoms with Gasteiger partial charge in [-0.1, -0.05) is 74.9 Å². The zero-order valence-corrected chi connectivity index (χ0v) is 21.9. The van der Waals surface area contributed by atoms with Gasteiger partial charge in [0, 0.05) is 26.7 Å². The van der Waals surface area contributed by atoms with Crippen molar-refractivity contribution in [2.75, 3.05) is 33.3 Å². The number of fused-ring (bicyclic) bond motifs is 2. The number of amides is 3. The highest BCUT2D eigenvalue weighted by atomic mass is 16.5. The van der Waals surface area contributed by atoms with Crippen LogP contribution in [0.3, 0.4) is 0 Å². The summed E-state index contributed by atoms with van der Waals surface area (Å²) in [6, 6.07) is 7.56. The Labute approximate surface area is 218 Å². The highest BCUT2D eigenvalue weighted by Gasteiger charge is 2.75. The van der Waals surface area contributed by atoms with Crippen molar-refractivity contribution < 1.29 is 24.2 Å². The van der Waals surface area contributed by atoms with Crippen molar-refractivity contribution in [2.24, 2.45) is 11.8 Å². The molecule has 1 aromatic carbocycles. The van der Waals surface area contributed by atoms with E-state index < -0.39 is 35.1 Å². The third-order valence-electron chi connectivity index (χ3n) is 8.64. The second kappa shape index (κ2) is 9.72. The fourth-order valence-corrected chi connectivity index (χ4v) is 6.78. The van der Waals surface area contributed by atoms with E-state index in [1.807, 2.05) is 61.6 Å². The molecule has 1 aromatic rings. The van der Waals surface area contributed by atoms with Gasteiger partial charge in [0.1, 0.15) is 11.6 Å². The Morgan fingerprint density at radius 2 is 1.73 bits per heavy atom. The molecule has 37 heavy (non-hydrogen) atoms. The molecule has 1 unspecified atom stereocenters. The Morgan fingerprint density at radius 3 is 2.41 bits per heavy atom. The third-order valence-corrected chi connectivity index (χ3v) is 8.64. The van der Waals surface area contributed by atoms with Crippen LogP contribution in [0.2, 0.25) is 0 Å². The number of aliphatic hydroxyl groups is 1. The van der Waals surface area contributed by atoms with Crippen LogP contribution in [-0.4, -0.2) is 88.1 Å². The van der Waals surface area contributed by atoms with Crippen LogP contribution >= 0.6 is 0 Å². The van der Waals surface area contributed by atoms with Gasteiger partial charge in [-0.2, -0.15) is 0 Å². The van der Waals surface area contributed by atoms with Crippen molar-refractivity contribution in [3.63, 3.8) is 0 Å². The Bertz CT molecular complexity index is 1120. The van der Waals surface area contributed by atoms with Gasteiger partial charge >= 0.3 is 0 Å². The minimum absolute atomic E-state index is 0.157. The molecule has 6 atom stereocenters. The number of hydrogen-bond acceptors (Lipinski definition) is 5. The van der Waals surface area contributed by atoms with Crippen molar-refractivity contribution in [1.82, 2.24) is 14.7 Å². The van der Waals surface area contributed by atoms with Gasteiger partial charge in [-0.25, -0.2) is 0 Å². The van der Waals surface area contributed by atoms with Crippen LogP contribution in [0.1, 0.15) is 44.7 Å². The summed E-state index contributed by atoms with van der Waals surface area (Å²) in [5, 5.41) is 10.6. The summed E-state index contributed by atoms with van der Waals surface area (Å²) in [5.41, 5.74) is -1.56. The average molecular weight is 508 g/mol. The lowest BCUT2D eigenvalue weighted by atomic mass is 9.73. The van der Waals surface area contributed by atoms with Crippen molar-refractivity contribution in [2.45, 2.75) is 56.4 Å². The number of carbonyl (C=O) groups is 3. The number of rotatable bonds is 7. The number of nitrogens with zero attached hydrogens (tertiary/aromatic N) is 3. The molecule has 3 amide bonds. The number of likely N-dealkylation sites (tertiary alicyclic amines) is 1. The lowest BCUT2D eigenvalue weighted by Crippen LogP contribution is -2.57. The Morgan fingerprint density at radius 1 is 1.00 bits per heavy atom. The Hall–Kier alpha value is -2.97. The first-order valence-corrected chi connectivity index (χ1v) is 13.4. The number of benzene rings is 1. The number of ether oxygens (including phenoxy) is 1. The summed E-state index contributed by atoms with van der Waals surface area (Å²) < 4.78 is 6.94. The summed E-state index contributed by atoms with van der Waals surface area (Å²) in [7, 11) is 1.74. The zero-order valence-electron chi connectivity index (χ0n) is 21.9. The molecule has 8 nitrogen and oxygen atoms in total. The first-order valence-electron chi connectivity index (χ1n) is 13.4. The Balaban J connectivity index is 1.70. The van der Waals surface area contributed by atoms with Gasteiger partial charge in [0.2, 0.25) is 17.7 Å². The van der Waals surface area contributed by atoms with E-state index in [1.54, 1.807) is 16.8 Å². The first-order chi connectivity index (χ1) is 17.8. The standard InChI is InChI=1S/C29H37N3O5/c1-4-6-17-31-18-11-15-29-23(22-25(34)30(3)16-10-14-28(22,5-2)37-29)26(35)32(24(29)27(31)36)21(19-33)20-12-8-7-9-13-20/h7-15,21-24,33H,4-6,16-19H2,1-3H3/t21-,22-,23+,24?,28+,29+/m1/s1. The van der Waals surface area contributed by atoms with Crippen LogP contribution in [0.15, 0.2) is 54.6 Å². The molecule has 8 heteroatoms. The molecular weight excluding hydrogens is 470 g/mol. The van der Waals surface area contributed by atoms with Crippen molar-refractivity contribution >= 4 is 17.7 Å². The van der Waals surface area contributed by atoms with Gasteiger partial charge in [-0.3, -0.25) is 14.4 Å². The van der Waals surface area contributed by atoms with Crippen LogP contribution in [-0.2, 0) is 19.1 Å². The van der Waals surface area contributed by atoms with Crippen LogP contribution in [0.5, 0.6) is 0 Å². The van der Waals surface area contributed by atoms with Gasteiger partial charge in [-0.15, -0.1) is 0 Å². The van der Waals surface area contributed by atoms with Gasteiger partial charge < -0.3 is 24.5 Å². The van der Waals surface area contributed by atoms with Gasteiger partial charge in [-0.05, 0) is 18.4 Å². The maximum atomic E-state index is 14.5. The van der Waals surface area contributed by atoms with Crippen LogP contribution in [0.4, 0.5) is 0 Å². The number of likely N-dealkylation sites (N-methyl/N-ethyl adjacent to an activating group) is 1. The molecule has 0 radical (unpaired) electrons. The second-order valence-corrected chi connectivity index (χ2v) is 10.6. The molecule has 0 saturated carbocycles. The smallest absolute Gasteiger partial charge is 0.249 e. The summed E-state index contributed by atoms with van der Waals surface area (Å²) in [6.45, 7) is 5.10. The molecule has 0 aliphatic carbocycles. The van der Waals surface area contributed by atoms with E-state index in [1.165, 1.54) is 4.90 Å². The fourth-order valence-electron chi connectivity index (χ4n) is 6.78. The maximum absolute atomic E-state index is 14.5. The molecule has 4 aliphatic heterocycles. The number of hydrogen-bond donors (Lipinski definition) is 1. The average Bonchev–Trinajstić information content (AvgIpc) is 3.21. The predicted molar refractivity (Wildman–Crippen MR) is 138 cm³/mol. The van der Waals surface area contributed by atoms with Crippen LogP contribution < -0.4 is 0 Å². The highest BCUT2D eigenvalue weighted by Crippen LogP contribution is 2.59. The van der Waals surface area contributed by atoms with E-state index in [0.717, 1.165) is 18.4 Å². The van der Waals surface area contributed by atoms with Crippen LogP contribution in [0, 0.1) is 11.8 Å². The lowest BCUT2D eigenvalue weighted by Gasteiger charge is -2.41. The van der Waals surface area contributed by atoms with E-state index in [0.29, 0.717) is 26.1 Å². The minimum Gasteiger partial charge on any atom is -0.394 e. The predicted octanol–water partition coefficient (Wildman–Crippen LogP) is 2.31. The summed E-state index contributed by atoms with van der Waals surface area (Å²) in [5.74, 6) is -2.32. The second-order valence-electron chi connectivity index (χ2n) is 10.6. The topological polar surface area (TPSA) is 90.4 Å². The van der Waals surface area contributed by atoms with Crippen molar-refractivity contribution in [1.29, 1.82) is 0 Å². The van der Waals surface area contributed by atoms with Gasteiger partial charge in [0.05, 0.1) is 30.1 Å². The molecule has 0 aromatic heterocycles. The summed E-state index contributed by atoms with van der Waals surface area (Å²) in [6.07, 6.45) is 9.91. The zero-order chi connectivity index (χ0) is 26.4. The Kier molecular flexibility index (Phi) is 6.75. The van der Waals surface area contributed by atoms with Crippen LogP contribution in [0.25, 0.3) is 0 Å².